The standard InChI is InChI=1S/C18H30O3/c1-7-8-9-15-16(19)13(4)10-11-14(5)17(20-6)18(15)21-12(2)3/h12-13H,7-11H2,1-6H3/b17-14+,18-15+. The fourth-order valence-electron chi connectivity index (χ4n) is 2.64. The molecule has 3 heteroatoms. The Bertz CT molecular complexity index is 430. The molecule has 0 saturated carbocycles. The van der Waals surface area contributed by atoms with Crippen LogP contribution in [-0.4, -0.2) is 19.0 Å². The van der Waals surface area contributed by atoms with E-state index in [2.05, 4.69) is 13.8 Å². The van der Waals surface area contributed by atoms with Gasteiger partial charge in [0.05, 0.1) is 13.2 Å². The molecule has 0 bridgehead atoms. The minimum Gasteiger partial charge on any atom is -0.493 e. The first kappa shape index (κ1) is 17.8. The van der Waals surface area contributed by atoms with Crippen LogP contribution in [0.4, 0.5) is 0 Å². The predicted molar refractivity (Wildman–Crippen MR) is 85.9 cm³/mol. The zero-order valence-corrected chi connectivity index (χ0v) is 14.4. The first-order valence-corrected chi connectivity index (χ1v) is 8.10. The van der Waals surface area contributed by atoms with E-state index in [0.29, 0.717) is 5.76 Å². The van der Waals surface area contributed by atoms with E-state index >= 15 is 0 Å². The topological polar surface area (TPSA) is 35.5 Å². The zero-order chi connectivity index (χ0) is 16.0. The third kappa shape index (κ3) is 4.62. The molecular formula is C18H30O3. The van der Waals surface area contributed by atoms with Crippen LogP contribution in [0.2, 0.25) is 0 Å². The Hall–Kier alpha value is -1.25. The van der Waals surface area contributed by atoms with E-state index in [-0.39, 0.29) is 17.8 Å². The van der Waals surface area contributed by atoms with Crippen LogP contribution in [-0.2, 0) is 14.3 Å². The summed E-state index contributed by atoms with van der Waals surface area (Å²) in [6.45, 7) is 10.2. The number of methoxy groups -OCH3 is 1. The molecule has 3 nitrogen and oxygen atoms in total. The second kappa shape index (κ2) is 8.26. The van der Waals surface area contributed by atoms with Gasteiger partial charge in [0.25, 0.3) is 0 Å². The van der Waals surface area contributed by atoms with E-state index in [1.54, 1.807) is 7.11 Å². The molecule has 120 valence electrons. The SMILES string of the molecule is CCCC/C1=C(OC(C)C)/C(OC)=C(/C)CCC(C)C1=O. The van der Waals surface area contributed by atoms with E-state index in [1.165, 1.54) is 5.57 Å². The summed E-state index contributed by atoms with van der Waals surface area (Å²) in [5.41, 5.74) is 1.98. The average Bonchev–Trinajstić information content (AvgIpc) is 2.43. The quantitative estimate of drug-likeness (QED) is 0.707. The molecule has 1 aliphatic carbocycles. The molecule has 0 aromatic carbocycles. The van der Waals surface area contributed by atoms with Crippen LogP contribution >= 0.6 is 0 Å². The molecule has 1 rings (SSSR count). The molecule has 0 amide bonds. The van der Waals surface area contributed by atoms with Crippen LogP contribution in [0.25, 0.3) is 0 Å². The number of rotatable bonds is 6. The number of carbonyl (C=O) groups excluding carboxylic acids is 1. The summed E-state index contributed by atoms with van der Waals surface area (Å²) in [6.07, 6.45) is 4.60. The van der Waals surface area contributed by atoms with Gasteiger partial charge in [0.15, 0.2) is 17.3 Å². The lowest BCUT2D eigenvalue weighted by atomic mass is 9.87. The Kier molecular flexibility index (Phi) is 7.00. The molecule has 0 N–H and O–H groups in total. The highest BCUT2D eigenvalue weighted by Gasteiger charge is 2.28. The highest BCUT2D eigenvalue weighted by atomic mass is 16.5. The van der Waals surface area contributed by atoms with Gasteiger partial charge in [-0.1, -0.05) is 20.3 Å². The lowest BCUT2D eigenvalue weighted by Gasteiger charge is -2.25. The summed E-state index contributed by atoms with van der Waals surface area (Å²) in [7, 11) is 1.66. The third-order valence-electron chi connectivity index (χ3n) is 3.90. The zero-order valence-electron chi connectivity index (χ0n) is 14.4. The first-order chi connectivity index (χ1) is 9.92. The summed E-state index contributed by atoms with van der Waals surface area (Å²) in [5.74, 6) is 1.71. The van der Waals surface area contributed by atoms with Gasteiger partial charge in [-0.15, -0.1) is 0 Å². The van der Waals surface area contributed by atoms with Crippen LogP contribution in [0.1, 0.15) is 66.7 Å². The Balaban J connectivity index is 3.39. The van der Waals surface area contributed by atoms with Gasteiger partial charge in [-0.05, 0) is 52.0 Å². The van der Waals surface area contributed by atoms with E-state index in [9.17, 15) is 4.79 Å². The largest absolute Gasteiger partial charge is 0.493 e. The molecule has 1 unspecified atom stereocenters. The van der Waals surface area contributed by atoms with Gasteiger partial charge in [-0.2, -0.15) is 0 Å². The van der Waals surface area contributed by atoms with Crippen molar-refractivity contribution in [2.24, 2.45) is 5.92 Å². The molecule has 0 spiro atoms. The Morgan fingerprint density at radius 1 is 1.29 bits per heavy atom. The summed E-state index contributed by atoms with van der Waals surface area (Å²) >= 11 is 0. The second-order valence-corrected chi connectivity index (χ2v) is 6.20. The van der Waals surface area contributed by atoms with E-state index in [4.69, 9.17) is 9.47 Å². The van der Waals surface area contributed by atoms with Crippen molar-refractivity contribution in [2.75, 3.05) is 7.11 Å². The third-order valence-corrected chi connectivity index (χ3v) is 3.90. The molecule has 0 radical (unpaired) electrons. The molecule has 1 atom stereocenters. The maximum Gasteiger partial charge on any atom is 0.168 e. The van der Waals surface area contributed by atoms with Crippen molar-refractivity contribution in [3.05, 3.63) is 22.7 Å². The number of hydrogen-bond acceptors (Lipinski definition) is 3. The minimum absolute atomic E-state index is 0.0251. The fourth-order valence-corrected chi connectivity index (χ4v) is 2.64. The molecule has 21 heavy (non-hydrogen) atoms. The van der Waals surface area contributed by atoms with E-state index < -0.39 is 0 Å². The number of ether oxygens (including phenoxy) is 2. The molecule has 0 saturated heterocycles. The van der Waals surface area contributed by atoms with Crippen LogP contribution in [0.3, 0.4) is 0 Å². The van der Waals surface area contributed by atoms with Crippen molar-refractivity contribution in [3.63, 3.8) is 0 Å². The van der Waals surface area contributed by atoms with Crippen LogP contribution < -0.4 is 0 Å². The fraction of sp³-hybridized carbons (Fsp3) is 0.722. The normalized spacial score (nSPS) is 27.6. The smallest absolute Gasteiger partial charge is 0.168 e. The number of carbonyl (C=O) groups is 1. The predicted octanol–water partition coefficient (Wildman–Crippen LogP) is 4.78. The van der Waals surface area contributed by atoms with Gasteiger partial charge >= 0.3 is 0 Å². The average molecular weight is 294 g/mol. The molecule has 0 aromatic rings. The van der Waals surface area contributed by atoms with Crippen LogP contribution in [0.5, 0.6) is 0 Å². The van der Waals surface area contributed by atoms with Crippen LogP contribution in [0, 0.1) is 5.92 Å². The second-order valence-electron chi connectivity index (χ2n) is 6.20. The molecule has 0 fully saturated rings. The highest BCUT2D eigenvalue weighted by molar-refractivity contribution is 5.98. The monoisotopic (exact) mass is 294 g/mol. The molecule has 1 aliphatic rings. The number of allylic oxidation sites excluding steroid dienone is 2. The first-order valence-electron chi connectivity index (χ1n) is 8.10. The van der Waals surface area contributed by atoms with Crippen molar-refractivity contribution in [1.29, 1.82) is 0 Å². The van der Waals surface area contributed by atoms with Crippen molar-refractivity contribution >= 4 is 5.78 Å². The van der Waals surface area contributed by atoms with Gasteiger partial charge in [0.2, 0.25) is 0 Å². The van der Waals surface area contributed by atoms with Gasteiger partial charge in [0, 0.05) is 11.5 Å². The molecular weight excluding hydrogens is 264 g/mol. The van der Waals surface area contributed by atoms with Crippen molar-refractivity contribution in [2.45, 2.75) is 72.8 Å². The lowest BCUT2D eigenvalue weighted by Crippen LogP contribution is -2.21. The Morgan fingerprint density at radius 3 is 2.48 bits per heavy atom. The van der Waals surface area contributed by atoms with E-state index in [1.807, 2.05) is 20.8 Å². The summed E-state index contributed by atoms with van der Waals surface area (Å²) in [5, 5.41) is 0. The Labute approximate surface area is 129 Å². The summed E-state index contributed by atoms with van der Waals surface area (Å²) in [6, 6.07) is 0. The maximum atomic E-state index is 12.7. The molecule has 0 aliphatic heterocycles. The van der Waals surface area contributed by atoms with Crippen LogP contribution in [0.15, 0.2) is 22.7 Å². The number of Topliss-reactive ketones (excluding diaryl/α,β-unsaturated/α-hetero) is 1. The molecule has 0 heterocycles. The van der Waals surface area contributed by atoms with Crippen molar-refractivity contribution in [3.8, 4) is 0 Å². The number of unbranched alkanes of at least 4 members (excludes halogenated alkanes) is 1. The van der Waals surface area contributed by atoms with Gasteiger partial charge in [0.1, 0.15) is 0 Å². The van der Waals surface area contributed by atoms with Gasteiger partial charge < -0.3 is 9.47 Å². The molecule has 0 aromatic heterocycles. The maximum absolute atomic E-state index is 12.7. The highest BCUT2D eigenvalue weighted by Crippen LogP contribution is 2.32. The van der Waals surface area contributed by atoms with Gasteiger partial charge in [-0.25, -0.2) is 0 Å². The lowest BCUT2D eigenvalue weighted by molar-refractivity contribution is -0.119. The van der Waals surface area contributed by atoms with Gasteiger partial charge in [-0.3, -0.25) is 4.79 Å². The Morgan fingerprint density at radius 2 is 1.95 bits per heavy atom. The number of hydrogen-bond donors (Lipinski definition) is 0. The summed E-state index contributed by atoms with van der Waals surface area (Å²) in [4.78, 5) is 12.7. The van der Waals surface area contributed by atoms with E-state index in [0.717, 1.165) is 43.4 Å². The summed E-state index contributed by atoms with van der Waals surface area (Å²) < 4.78 is 11.6. The van der Waals surface area contributed by atoms with Crippen molar-refractivity contribution < 1.29 is 14.3 Å². The van der Waals surface area contributed by atoms with Crippen molar-refractivity contribution in [1.82, 2.24) is 0 Å². The minimum atomic E-state index is 0.0251. The number of ketones is 1.